The van der Waals surface area contributed by atoms with E-state index in [0.717, 1.165) is 41.4 Å². The van der Waals surface area contributed by atoms with Gasteiger partial charge >= 0.3 is 0 Å². The van der Waals surface area contributed by atoms with E-state index >= 15 is 0 Å². The first kappa shape index (κ1) is 22.1. The minimum absolute atomic E-state index is 0.0604. The molecule has 3 aromatic carbocycles. The Bertz CT molecular complexity index is 1390. The number of H-pyrrole nitrogens is 1. The summed E-state index contributed by atoms with van der Waals surface area (Å²) in [5, 5.41) is 0. The van der Waals surface area contributed by atoms with Crippen molar-refractivity contribution in [2.24, 2.45) is 0 Å². The van der Waals surface area contributed by atoms with E-state index in [4.69, 9.17) is 4.74 Å². The van der Waals surface area contributed by atoms with Crippen LogP contribution >= 0.6 is 11.5 Å². The topological polar surface area (TPSA) is 45.3 Å². The molecule has 0 amide bonds. The summed E-state index contributed by atoms with van der Waals surface area (Å²) >= 11 is 1.35. The highest BCUT2D eigenvalue weighted by Crippen LogP contribution is 2.43. The molecule has 0 saturated carbocycles. The highest BCUT2D eigenvalue weighted by Gasteiger charge is 2.37. The number of rotatable bonds is 6. The number of hydrogen-bond donors (Lipinski definition) is 1. The second-order valence-corrected chi connectivity index (χ2v) is 10.4. The third-order valence-electron chi connectivity index (χ3n) is 7.32. The SMILES string of the molecule is O=c1cc(-c2ccc(OCc3ccc(CN4CCC5(C=Cc6ccccc65)CC4)cc3)cc2)s[nH]1. The van der Waals surface area contributed by atoms with Gasteiger partial charge in [0, 0.05) is 18.0 Å². The van der Waals surface area contributed by atoms with Crippen LogP contribution < -0.4 is 10.3 Å². The summed E-state index contributed by atoms with van der Waals surface area (Å²) in [6, 6.07) is 27.2. The number of ether oxygens (including phenoxy) is 1. The van der Waals surface area contributed by atoms with Gasteiger partial charge in [-0.1, -0.05) is 72.2 Å². The van der Waals surface area contributed by atoms with Gasteiger partial charge in [-0.05, 0) is 78.0 Å². The number of aromatic amines is 1. The molecule has 2 aliphatic rings. The number of benzene rings is 3. The number of piperidine rings is 1. The highest BCUT2D eigenvalue weighted by atomic mass is 32.1. The van der Waals surface area contributed by atoms with Crippen LogP contribution in [-0.2, 0) is 18.6 Å². The van der Waals surface area contributed by atoms with Crippen molar-refractivity contribution in [2.45, 2.75) is 31.4 Å². The summed E-state index contributed by atoms with van der Waals surface area (Å²) in [4.78, 5) is 14.9. The number of likely N-dealkylation sites (tertiary alicyclic amines) is 1. The van der Waals surface area contributed by atoms with Crippen LogP contribution in [0.5, 0.6) is 5.75 Å². The minimum atomic E-state index is -0.0604. The van der Waals surface area contributed by atoms with Gasteiger partial charge in [0.25, 0.3) is 5.56 Å². The Morgan fingerprint density at radius 1 is 0.914 bits per heavy atom. The molecule has 0 unspecified atom stereocenters. The third kappa shape index (κ3) is 4.62. The van der Waals surface area contributed by atoms with Crippen LogP contribution in [0.2, 0.25) is 0 Å². The molecule has 1 aliphatic carbocycles. The highest BCUT2D eigenvalue weighted by molar-refractivity contribution is 7.09. The van der Waals surface area contributed by atoms with E-state index in [1.165, 1.54) is 41.1 Å². The van der Waals surface area contributed by atoms with E-state index < -0.39 is 0 Å². The van der Waals surface area contributed by atoms with E-state index in [1.54, 1.807) is 6.07 Å². The van der Waals surface area contributed by atoms with Crippen LogP contribution in [0.1, 0.15) is 35.1 Å². The normalized spacial score (nSPS) is 16.5. The molecule has 176 valence electrons. The second-order valence-electron chi connectivity index (χ2n) is 9.56. The van der Waals surface area contributed by atoms with Gasteiger partial charge in [-0.25, -0.2) is 0 Å². The molecule has 4 aromatic rings. The van der Waals surface area contributed by atoms with Crippen molar-refractivity contribution in [2.75, 3.05) is 13.1 Å². The fraction of sp³-hybridized carbons (Fsp3) is 0.233. The molecule has 1 N–H and O–H groups in total. The van der Waals surface area contributed by atoms with Crippen LogP contribution in [0.4, 0.5) is 0 Å². The lowest BCUT2D eigenvalue weighted by atomic mass is 9.74. The smallest absolute Gasteiger partial charge is 0.258 e. The zero-order valence-corrected chi connectivity index (χ0v) is 20.4. The number of allylic oxidation sites excluding steroid dienone is 1. The molecule has 4 nitrogen and oxygen atoms in total. The fourth-order valence-electron chi connectivity index (χ4n) is 5.29. The molecule has 6 rings (SSSR count). The largest absolute Gasteiger partial charge is 0.489 e. The molecular weight excluding hydrogens is 452 g/mol. The second kappa shape index (κ2) is 9.33. The van der Waals surface area contributed by atoms with Gasteiger partial charge in [0.1, 0.15) is 12.4 Å². The van der Waals surface area contributed by atoms with Gasteiger partial charge in [-0.2, -0.15) is 0 Å². The van der Waals surface area contributed by atoms with E-state index in [9.17, 15) is 4.79 Å². The molecule has 1 saturated heterocycles. The van der Waals surface area contributed by atoms with Crippen LogP contribution in [0.25, 0.3) is 16.5 Å². The number of nitrogens with zero attached hydrogens (tertiary/aromatic N) is 1. The van der Waals surface area contributed by atoms with Crippen LogP contribution in [0, 0.1) is 0 Å². The molecule has 1 aromatic heterocycles. The molecule has 0 radical (unpaired) electrons. The molecule has 1 fully saturated rings. The average molecular weight is 481 g/mol. The maximum atomic E-state index is 11.3. The maximum absolute atomic E-state index is 11.3. The Morgan fingerprint density at radius 2 is 1.66 bits per heavy atom. The van der Waals surface area contributed by atoms with E-state index in [2.05, 4.69) is 70.0 Å². The quantitative estimate of drug-likeness (QED) is 0.355. The number of hydrogen-bond acceptors (Lipinski definition) is 4. The minimum Gasteiger partial charge on any atom is -0.489 e. The van der Waals surface area contributed by atoms with E-state index in [1.807, 2.05) is 24.3 Å². The first-order chi connectivity index (χ1) is 17.2. The molecule has 1 aliphatic heterocycles. The van der Waals surface area contributed by atoms with Crippen LogP contribution in [-0.4, -0.2) is 22.4 Å². The Labute approximate surface area is 209 Å². The van der Waals surface area contributed by atoms with Gasteiger partial charge in [-0.15, -0.1) is 0 Å². The third-order valence-corrected chi connectivity index (χ3v) is 8.20. The summed E-state index contributed by atoms with van der Waals surface area (Å²) in [6.07, 6.45) is 7.13. The monoisotopic (exact) mass is 480 g/mol. The van der Waals surface area contributed by atoms with Crippen molar-refractivity contribution in [3.63, 3.8) is 0 Å². The Morgan fingerprint density at radius 3 is 2.40 bits per heavy atom. The van der Waals surface area contributed by atoms with Crippen molar-refractivity contribution in [3.8, 4) is 16.2 Å². The molecule has 0 atom stereocenters. The lowest BCUT2D eigenvalue weighted by Crippen LogP contribution is -2.40. The summed E-state index contributed by atoms with van der Waals surface area (Å²) in [5.41, 5.74) is 6.62. The average Bonchev–Trinajstić information content (AvgIpc) is 3.50. The van der Waals surface area contributed by atoms with Gasteiger partial charge in [0.2, 0.25) is 0 Å². The van der Waals surface area contributed by atoms with Crippen molar-refractivity contribution in [1.82, 2.24) is 9.27 Å². The summed E-state index contributed by atoms with van der Waals surface area (Å²) in [6.45, 7) is 3.78. The first-order valence-corrected chi connectivity index (χ1v) is 13.0. The van der Waals surface area contributed by atoms with Gasteiger partial charge in [0.05, 0.1) is 4.88 Å². The molecule has 2 heterocycles. The van der Waals surface area contributed by atoms with E-state index in [-0.39, 0.29) is 11.0 Å². The van der Waals surface area contributed by atoms with Crippen LogP contribution in [0.3, 0.4) is 0 Å². The predicted octanol–water partition coefficient (Wildman–Crippen LogP) is 6.24. The van der Waals surface area contributed by atoms with E-state index in [0.29, 0.717) is 6.61 Å². The zero-order chi connectivity index (χ0) is 23.7. The molecule has 0 bridgehead atoms. The Kier molecular flexibility index (Phi) is 5.88. The summed E-state index contributed by atoms with van der Waals surface area (Å²) in [5.74, 6) is 0.825. The summed E-state index contributed by atoms with van der Waals surface area (Å²) in [7, 11) is 0. The Hall–Kier alpha value is -3.41. The standard InChI is InChI=1S/C30H28N2O2S/c33-29-19-28(35-31-29)25-9-11-26(12-10-25)34-21-23-7-5-22(6-8-23)20-32-17-15-30(16-18-32)14-13-24-3-1-2-4-27(24)30/h1-14,19H,15-18,20-21H2,(H,31,33). The Balaban J connectivity index is 1.01. The fourth-order valence-corrected chi connectivity index (χ4v) is 5.98. The van der Waals surface area contributed by atoms with Crippen molar-refractivity contribution in [3.05, 3.63) is 118 Å². The van der Waals surface area contributed by atoms with Crippen molar-refractivity contribution in [1.29, 1.82) is 0 Å². The number of aromatic nitrogens is 1. The van der Waals surface area contributed by atoms with Crippen molar-refractivity contribution < 1.29 is 4.74 Å². The molecule has 5 heteroatoms. The van der Waals surface area contributed by atoms with Gasteiger partial charge in [-0.3, -0.25) is 14.1 Å². The molecule has 35 heavy (non-hydrogen) atoms. The first-order valence-electron chi connectivity index (χ1n) is 12.2. The lowest BCUT2D eigenvalue weighted by molar-refractivity contribution is 0.177. The maximum Gasteiger partial charge on any atom is 0.258 e. The number of fused-ring (bicyclic) bond motifs is 2. The zero-order valence-electron chi connectivity index (χ0n) is 19.6. The summed E-state index contributed by atoms with van der Waals surface area (Å²) < 4.78 is 8.70. The molecule has 1 spiro atoms. The molecular formula is C30H28N2O2S. The van der Waals surface area contributed by atoms with Crippen molar-refractivity contribution >= 4 is 17.6 Å². The van der Waals surface area contributed by atoms with Gasteiger partial charge in [0.15, 0.2) is 0 Å². The van der Waals surface area contributed by atoms with Gasteiger partial charge < -0.3 is 4.74 Å². The van der Waals surface area contributed by atoms with Crippen LogP contribution in [0.15, 0.2) is 89.7 Å². The predicted molar refractivity (Wildman–Crippen MR) is 143 cm³/mol. The number of nitrogens with one attached hydrogen (secondary N) is 1. The lowest BCUT2D eigenvalue weighted by Gasteiger charge is -2.39.